The Balaban J connectivity index is 0.000000263. The van der Waals surface area contributed by atoms with Crippen LogP contribution in [0, 0.1) is 40.7 Å². The lowest BCUT2D eigenvalue weighted by Crippen LogP contribution is -2.43. The number of rotatable bonds is 50. The molecule has 0 aliphatic carbocycles. The molecular formula is C105H152B7F7O28. The fourth-order valence-electron chi connectivity index (χ4n) is 14.7. The molecule has 4 heterocycles. The molecule has 147 heavy (non-hydrogen) atoms. The highest BCUT2D eigenvalue weighted by Gasteiger charge is 2.52. The Kier molecular flexibility index (Phi) is 60.5. The third-order valence-electron chi connectivity index (χ3n) is 22.7. The summed E-state index contributed by atoms with van der Waals surface area (Å²) < 4.78 is 243. The topological polar surface area (TPSA) is 269 Å². The summed E-state index contributed by atoms with van der Waals surface area (Å²) in [5, 5.41) is 9.64. The predicted molar refractivity (Wildman–Crippen MR) is 554 cm³/mol. The molecule has 8 aromatic rings. The second-order valence-corrected chi connectivity index (χ2v) is 35.1. The summed E-state index contributed by atoms with van der Waals surface area (Å²) in [7, 11) is 0.308. The van der Waals surface area contributed by atoms with Crippen molar-refractivity contribution in [3.05, 3.63) is 243 Å². The molecule has 8 atom stereocenters. The van der Waals surface area contributed by atoms with E-state index in [1.807, 2.05) is 169 Å². The van der Waals surface area contributed by atoms with Gasteiger partial charge in [0.15, 0.2) is 44.0 Å². The standard InChI is InChI=1S/C19H22BFO4.C17H26BFO4.C17H28BFO4.C14H20BFO4.C13H18BFO4.C13H20BFO4.C12H18BFO4/c1-3-22-14(2)23-12-16-11-17(21)9-10-18(16)20-24-13-19(25-20)15-7-5-4-6-8-15;1-7-20-12(2)21-11-13-10-14(19)8-9-15(13)18-22-16(3,4)17(5,6)23-18;1-7-20-14(6)21-11-15-10-16(19)8-9-17(15)18(22-12(2)3)23-13(4)5;1-3-17-11(2)18-10-12-9-13(16)5-6-14(12)15-19-7-4-8-20-15;1-3-16-10(2)17-9-11-8-12(15)4-5-13(11)14-18-6-7-19-14;1-5-18-10(2)19-9-11-8-12(15)6-7-13(11)14(16-3)17-4;1-4-17-9(2)18-8-10-7-11(14)5-6-12(10)13(15)16-3/h4-11,14,19H,3,12-13H2,1-2H3;8-10,12H,7,11H2,1-6H3;8-10,12-14H,7,11H2,1-6H3;5-6,9,11H,3-4,7-8,10H2,1-2H3;4-5,8,10H,3,6-7,9H2,1-2H3;6-8,10H,5,9H2,1-4H3;5-7,9,15H,4,8H2,1-3H3. The van der Waals surface area contributed by atoms with E-state index in [1.54, 1.807) is 50.2 Å². The average Bonchev–Trinajstić information content (AvgIpc) is 1.62. The maximum Gasteiger partial charge on any atom is 0.495 e. The Bertz CT molecular complexity index is 4820. The molecule has 12 rings (SSSR count). The van der Waals surface area contributed by atoms with Crippen molar-refractivity contribution in [2.45, 2.75) is 279 Å². The minimum Gasteiger partial charge on any atom is -0.423 e. The van der Waals surface area contributed by atoms with Crippen LogP contribution in [0.3, 0.4) is 0 Å². The van der Waals surface area contributed by atoms with Crippen LogP contribution in [0.4, 0.5) is 30.7 Å². The first-order valence-corrected chi connectivity index (χ1v) is 50.1. The molecule has 4 aliphatic rings. The van der Waals surface area contributed by atoms with Crippen molar-refractivity contribution in [2.75, 3.05) is 101 Å². The minimum atomic E-state index is -1.09. The molecule has 4 fully saturated rings. The Hall–Kier alpha value is -7.40. The van der Waals surface area contributed by atoms with Crippen LogP contribution in [0.1, 0.15) is 209 Å². The Morgan fingerprint density at radius 2 is 0.578 bits per heavy atom. The SMILES string of the molecule is CCOC(C)OCc1cc(F)ccc1B(O)OC.CCOC(C)OCc1cc(F)ccc1B(OC(C)C)OC(C)C.CCOC(C)OCc1cc(F)ccc1B(OC)OC.CCOC(C)OCc1cc(F)ccc1B1OC(C)(C)C(C)(C)O1.CCOC(C)OCc1cc(F)ccc1B1OCC(c2ccccc2)O1.CCOC(C)OCc1cc(F)ccc1B1OCCCO1.CCOC(C)OCc1cc(F)ccc1B1OCCO1. The van der Waals surface area contributed by atoms with Gasteiger partial charge in [0.2, 0.25) is 0 Å². The maximum absolute atomic E-state index is 13.7. The number of hydrogen-bond donors (Lipinski definition) is 1. The summed E-state index contributed by atoms with van der Waals surface area (Å²) in [4.78, 5) is 0. The highest BCUT2D eigenvalue weighted by atomic mass is 19.2. The zero-order valence-corrected chi connectivity index (χ0v) is 90.1. The van der Waals surface area contributed by atoms with Crippen molar-refractivity contribution in [2.24, 2.45) is 0 Å². The van der Waals surface area contributed by atoms with Gasteiger partial charge in [-0.1, -0.05) is 72.8 Å². The van der Waals surface area contributed by atoms with Crippen LogP contribution in [0.5, 0.6) is 0 Å². The Morgan fingerprint density at radius 3 is 0.878 bits per heavy atom. The molecule has 0 saturated carbocycles. The van der Waals surface area contributed by atoms with Crippen molar-refractivity contribution in [1.29, 1.82) is 0 Å². The van der Waals surface area contributed by atoms with E-state index in [4.69, 9.17) is 127 Å². The maximum atomic E-state index is 13.7. The van der Waals surface area contributed by atoms with E-state index in [1.165, 1.54) is 112 Å². The summed E-state index contributed by atoms with van der Waals surface area (Å²) in [5.74, 6) is -2.25. The van der Waals surface area contributed by atoms with Gasteiger partial charge in [-0.15, -0.1) is 0 Å². The quantitative estimate of drug-likeness (QED) is 0.0211. The largest absolute Gasteiger partial charge is 0.495 e. The first kappa shape index (κ1) is 128. The van der Waals surface area contributed by atoms with Crippen molar-refractivity contribution in [3.8, 4) is 0 Å². The summed E-state index contributed by atoms with van der Waals surface area (Å²) >= 11 is 0. The van der Waals surface area contributed by atoms with Gasteiger partial charge in [0.25, 0.3) is 0 Å². The van der Waals surface area contributed by atoms with E-state index in [0.29, 0.717) is 113 Å². The van der Waals surface area contributed by atoms with Crippen LogP contribution in [-0.2, 0) is 173 Å². The molecule has 42 heteroatoms. The predicted octanol–water partition coefficient (Wildman–Crippen LogP) is 15.6. The van der Waals surface area contributed by atoms with E-state index < -0.39 is 61.0 Å². The van der Waals surface area contributed by atoms with Gasteiger partial charge < -0.3 is 132 Å². The summed E-state index contributed by atoms with van der Waals surface area (Å²) in [6.45, 7) is 50.0. The van der Waals surface area contributed by atoms with Gasteiger partial charge in [-0.2, -0.15) is 0 Å². The average molecular weight is 2070 g/mol. The van der Waals surface area contributed by atoms with Gasteiger partial charge in [0.05, 0.1) is 83.4 Å². The van der Waals surface area contributed by atoms with Crippen LogP contribution < -0.4 is 38.2 Å². The Morgan fingerprint density at radius 1 is 0.313 bits per heavy atom. The van der Waals surface area contributed by atoms with E-state index >= 15 is 0 Å². The zero-order chi connectivity index (χ0) is 108. The van der Waals surface area contributed by atoms with E-state index in [9.17, 15) is 35.8 Å². The minimum absolute atomic E-state index is 0.0140. The first-order valence-electron chi connectivity index (χ1n) is 50.1. The molecule has 8 unspecified atom stereocenters. The molecule has 0 aromatic heterocycles. The van der Waals surface area contributed by atoms with Gasteiger partial charge in [0.1, 0.15) is 40.7 Å². The van der Waals surface area contributed by atoms with Crippen molar-refractivity contribution < 1.29 is 163 Å². The summed E-state index contributed by atoms with van der Waals surface area (Å²) in [6.07, 6.45) is -1.73. The normalized spacial score (nSPS) is 16.1. The van der Waals surface area contributed by atoms with E-state index in [2.05, 4.69) is 0 Å². The van der Waals surface area contributed by atoms with Crippen LogP contribution in [-0.4, -0.2) is 223 Å². The van der Waals surface area contributed by atoms with Gasteiger partial charge >= 0.3 is 49.8 Å². The lowest BCUT2D eigenvalue weighted by Gasteiger charge is -2.32. The van der Waals surface area contributed by atoms with Gasteiger partial charge in [-0.3, -0.25) is 0 Å². The third kappa shape index (κ3) is 46.2. The van der Waals surface area contributed by atoms with E-state index in [0.717, 1.165) is 55.9 Å². The molecule has 0 spiro atoms. The van der Waals surface area contributed by atoms with Crippen LogP contribution >= 0.6 is 0 Å². The second kappa shape index (κ2) is 69.3. The van der Waals surface area contributed by atoms with Gasteiger partial charge in [-0.25, -0.2) is 30.7 Å². The zero-order valence-electron chi connectivity index (χ0n) is 90.1. The Labute approximate surface area is 868 Å². The fraction of sp³-hybridized carbons (Fsp3) is 0.543. The smallest absolute Gasteiger partial charge is 0.423 e. The van der Waals surface area contributed by atoms with Crippen LogP contribution in [0.25, 0.3) is 0 Å². The van der Waals surface area contributed by atoms with Crippen molar-refractivity contribution >= 4 is 88.1 Å². The fourth-order valence-corrected chi connectivity index (χ4v) is 14.7. The molecule has 28 nitrogen and oxygen atoms in total. The lowest BCUT2D eigenvalue weighted by atomic mass is 9.75. The molecule has 0 amide bonds. The molecular weight excluding hydrogens is 1920 g/mol. The highest BCUT2D eigenvalue weighted by Crippen LogP contribution is 2.37. The number of hydrogen-bond acceptors (Lipinski definition) is 28. The summed E-state index contributed by atoms with van der Waals surface area (Å²) in [5.41, 5.74) is 10.1. The number of ether oxygens (including phenoxy) is 14. The van der Waals surface area contributed by atoms with Crippen molar-refractivity contribution in [1.82, 2.24) is 0 Å². The third-order valence-corrected chi connectivity index (χ3v) is 22.7. The monoisotopic (exact) mass is 2070 g/mol. The molecule has 0 radical (unpaired) electrons. The van der Waals surface area contributed by atoms with Crippen LogP contribution in [0.2, 0.25) is 0 Å². The van der Waals surface area contributed by atoms with Crippen LogP contribution in [0.15, 0.2) is 158 Å². The molecule has 4 saturated heterocycles. The molecule has 4 aliphatic heterocycles. The number of halogens is 7. The van der Waals surface area contributed by atoms with E-state index in [-0.39, 0.29) is 149 Å². The second-order valence-electron chi connectivity index (χ2n) is 35.1. The molecule has 1 N–H and O–H groups in total. The lowest BCUT2D eigenvalue weighted by molar-refractivity contribution is -0.134. The van der Waals surface area contributed by atoms with Gasteiger partial charge in [-0.05, 0) is 326 Å². The number of benzene rings is 8. The molecule has 0 bridgehead atoms. The molecule has 810 valence electrons. The summed E-state index contributed by atoms with van der Waals surface area (Å²) in [6, 6.07) is 41.2. The molecule has 8 aromatic carbocycles. The van der Waals surface area contributed by atoms with Gasteiger partial charge in [0, 0.05) is 93.0 Å². The first-order chi connectivity index (χ1) is 70.3. The van der Waals surface area contributed by atoms with Crippen molar-refractivity contribution in [3.63, 3.8) is 0 Å². The highest BCUT2D eigenvalue weighted by molar-refractivity contribution is 6.64.